The Morgan fingerprint density at radius 2 is 1.53 bits per heavy atom. The van der Waals surface area contributed by atoms with Gasteiger partial charge < -0.3 is 64.8 Å². The van der Waals surface area contributed by atoms with E-state index in [1.165, 1.54) is 18.2 Å². The fourth-order valence-electron chi connectivity index (χ4n) is 4.40. The molecule has 2 aromatic rings. The maximum atomic E-state index is 11.9. The molecule has 1 amide bonds. The van der Waals surface area contributed by atoms with Crippen LogP contribution in [0.5, 0.6) is 5.75 Å². The zero-order valence-electron chi connectivity index (χ0n) is 19.8. The van der Waals surface area contributed by atoms with Crippen molar-refractivity contribution < 1.29 is 63.9 Å². The zero-order valence-corrected chi connectivity index (χ0v) is 19.8. The van der Waals surface area contributed by atoms with E-state index in [9.17, 15) is 45.3 Å². The Kier molecular flexibility index (Phi) is 8.63. The lowest BCUT2D eigenvalue weighted by molar-refractivity contribution is -0.352. The Morgan fingerprint density at radius 3 is 2.18 bits per heavy atom. The molecule has 0 spiro atoms. The first-order chi connectivity index (χ1) is 18.0. The van der Waals surface area contributed by atoms with E-state index in [-0.39, 0.29) is 17.8 Å². The molecule has 0 saturated carbocycles. The molecule has 1 aromatic heterocycles. The molecule has 1 aromatic carbocycles. The summed E-state index contributed by atoms with van der Waals surface area (Å²) in [6, 6.07) is 5.36. The third kappa shape index (κ3) is 5.67. The highest BCUT2D eigenvalue weighted by molar-refractivity contribution is 5.87. The van der Waals surface area contributed by atoms with Gasteiger partial charge in [0, 0.05) is 17.5 Å². The molecule has 210 valence electrons. The molecule has 0 unspecified atom stereocenters. The van der Waals surface area contributed by atoms with E-state index in [2.05, 4.69) is 0 Å². The molecule has 2 fully saturated rings. The minimum absolute atomic E-state index is 0.0399. The van der Waals surface area contributed by atoms with Gasteiger partial charge in [-0.05, 0) is 17.7 Å². The monoisotopic (exact) mass is 543 g/mol. The van der Waals surface area contributed by atoms with Gasteiger partial charge in [-0.2, -0.15) is 0 Å². The van der Waals surface area contributed by atoms with Crippen LogP contribution in [0.3, 0.4) is 0 Å². The highest BCUT2D eigenvalue weighted by Crippen LogP contribution is 2.31. The van der Waals surface area contributed by atoms with Crippen molar-refractivity contribution in [1.82, 2.24) is 0 Å². The van der Waals surface area contributed by atoms with Crippen molar-refractivity contribution in [2.75, 3.05) is 13.2 Å². The van der Waals surface area contributed by atoms with E-state index in [4.69, 9.17) is 29.1 Å². The maximum Gasteiger partial charge on any atom is 0.336 e. The highest BCUT2D eigenvalue weighted by Gasteiger charge is 2.51. The standard InChI is InChI=1S/C23H29NO14/c24-14(27)3-8-4-15(28)35-11-5-9(1-2-10(8)11)34-22-20(33)18(31)21(13(7-26)37-22)38-23-19(32)17(30)16(29)12(6-25)36-23/h1-2,4-5,12-13,16-23,25-26,29-33H,3,6-7H2,(H2,24,27)/t12-,13-,16-,17+,18-,19-,20-,21-,22-,23-/m1/s1. The molecular formula is C23H29NO14. The second kappa shape index (κ2) is 11.6. The SMILES string of the molecule is NC(=O)Cc1cc(=O)oc2cc(O[C@@H]3O[C@H](CO)[C@@H](O[C@H]4O[C@H](CO)[C@@H](O)[C@H](O)[C@H]4O)[C@H](O)[C@H]3O)ccc12. The van der Waals surface area contributed by atoms with Gasteiger partial charge in [-0.1, -0.05) is 0 Å². The van der Waals surface area contributed by atoms with Gasteiger partial charge in [0.15, 0.2) is 6.29 Å². The fourth-order valence-corrected chi connectivity index (χ4v) is 4.40. The van der Waals surface area contributed by atoms with Crippen molar-refractivity contribution in [3.05, 3.63) is 40.2 Å². The largest absolute Gasteiger partial charge is 0.462 e. The average Bonchev–Trinajstić information content (AvgIpc) is 2.87. The lowest BCUT2D eigenvalue weighted by Crippen LogP contribution is -2.65. The first kappa shape index (κ1) is 28.3. The number of hydrogen-bond acceptors (Lipinski definition) is 14. The molecule has 9 N–H and O–H groups in total. The first-order valence-corrected chi connectivity index (χ1v) is 11.6. The number of ether oxygens (including phenoxy) is 4. The number of benzene rings is 1. The van der Waals surface area contributed by atoms with Crippen LogP contribution >= 0.6 is 0 Å². The summed E-state index contributed by atoms with van der Waals surface area (Å²) >= 11 is 0. The highest BCUT2D eigenvalue weighted by atomic mass is 16.7. The van der Waals surface area contributed by atoms with E-state index in [1.54, 1.807) is 0 Å². The average molecular weight is 543 g/mol. The summed E-state index contributed by atoms with van der Waals surface area (Å²) in [5.74, 6) is -0.612. The van der Waals surface area contributed by atoms with E-state index in [0.717, 1.165) is 6.07 Å². The summed E-state index contributed by atoms with van der Waals surface area (Å²) in [6.45, 7) is -1.46. The zero-order chi connectivity index (χ0) is 27.7. The number of hydrogen-bond donors (Lipinski definition) is 8. The molecule has 15 nitrogen and oxygen atoms in total. The second-order valence-corrected chi connectivity index (χ2v) is 9.01. The first-order valence-electron chi connectivity index (χ1n) is 11.6. The van der Waals surface area contributed by atoms with Crippen molar-refractivity contribution in [3.63, 3.8) is 0 Å². The molecule has 0 radical (unpaired) electrons. The molecule has 2 aliphatic rings. The van der Waals surface area contributed by atoms with Crippen LogP contribution in [0.1, 0.15) is 5.56 Å². The van der Waals surface area contributed by atoms with Gasteiger partial charge >= 0.3 is 5.63 Å². The van der Waals surface area contributed by atoms with Crippen LogP contribution < -0.4 is 16.1 Å². The van der Waals surface area contributed by atoms with Crippen molar-refractivity contribution in [2.24, 2.45) is 5.73 Å². The molecule has 38 heavy (non-hydrogen) atoms. The Balaban J connectivity index is 1.51. The Bertz CT molecular complexity index is 1180. The third-order valence-electron chi connectivity index (χ3n) is 6.38. The van der Waals surface area contributed by atoms with E-state index in [0.29, 0.717) is 10.9 Å². The van der Waals surface area contributed by atoms with Crippen LogP contribution in [0.4, 0.5) is 0 Å². The summed E-state index contributed by atoms with van der Waals surface area (Å²) < 4.78 is 27.1. The van der Waals surface area contributed by atoms with Gasteiger partial charge in [-0.25, -0.2) is 4.79 Å². The van der Waals surface area contributed by atoms with Crippen molar-refractivity contribution in [1.29, 1.82) is 0 Å². The fraction of sp³-hybridized carbons (Fsp3) is 0.565. The molecule has 15 heteroatoms. The van der Waals surface area contributed by atoms with Crippen LogP contribution in [0.25, 0.3) is 11.0 Å². The minimum atomic E-state index is -1.79. The summed E-state index contributed by atoms with van der Waals surface area (Å²) in [5, 5.41) is 71.1. The van der Waals surface area contributed by atoms with Gasteiger partial charge in [0.05, 0.1) is 19.6 Å². The number of aliphatic hydroxyl groups excluding tert-OH is 7. The molecular weight excluding hydrogens is 514 g/mol. The van der Waals surface area contributed by atoms with Crippen molar-refractivity contribution in [2.45, 2.75) is 67.8 Å². The van der Waals surface area contributed by atoms with Gasteiger partial charge in [0.2, 0.25) is 12.2 Å². The normalized spacial score (nSPS) is 35.8. The number of carbonyl (C=O) groups excluding carboxylic acids is 1. The molecule has 3 heterocycles. The smallest absolute Gasteiger partial charge is 0.336 e. The van der Waals surface area contributed by atoms with Gasteiger partial charge in [-0.3, -0.25) is 4.79 Å². The number of primary amides is 1. The van der Waals surface area contributed by atoms with Crippen LogP contribution in [0.2, 0.25) is 0 Å². The molecule has 4 rings (SSSR count). The molecule has 2 aliphatic heterocycles. The summed E-state index contributed by atoms with van der Waals surface area (Å²) in [7, 11) is 0. The van der Waals surface area contributed by atoms with Gasteiger partial charge in [0.25, 0.3) is 0 Å². The summed E-state index contributed by atoms with van der Waals surface area (Å²) in [5.41, 5.74) is 4.89. The lowest BCUT2D eigenvalue weighted by atomic mass is 9.97. The molecule has 0 bridgehead atoms. The van der Waals surface area contributed by atoms with E-state index in [1.807, 2.05) is 0 Å². The van der Waals surface area contributed by atoms with E-state index >= 15 is 0 Å². The summed E-state index contributed by atoms with van der Waals surface area (Å²) in [6.07, 6.45) is -16.2. The van der Waals surface area contributed by atoms with Crippen molar-refractivity contribution >= 4 is 16.9 Å². The van der Waals surface area contributed by atoms with Crippen LogP contribution in [-0.2, 0) is 25.4 Å². The number of carbonyl (C=O) groups is 1. The quantitative estimate of drug-likeness (QED) is 0.147. The number of fused-ring (bicyclic) bond motifs is 1. The maximum absolute atomic E-state index is 11.9. The second-order valence-electron chi connectivity index (χ2n) is 9.01. The molecule has 0 aliphatic carbocycles. The van der Waals surface area contributed by atoms with Gasteiger partial charge in [0.1, 0.15) is 60.2 Å². The van der Waals surface area contributed by atoms with Crippen LogP contribution in [0.15, 0.2) is 33.5 Å². The van der Waals surface area contributed by atoms with Gasteiger partial charge in [-0.15, -0.1) is 0 Å². The molecule has 2 saturated heterocycles. The number of aliphatic hydroxyl groups is 7. The number of rotatable bonds is 8. The summed E-state index contributed by atoms with van der Waals surface area (Å²) in [4.78, 5) is 23.2. The van der Waals surface area contributed by atoms with Crippen molar-refractivity contribution in [3.8, 4) is 5.75 Å². The van der Waals surface area contributed by atoms with Crippen LogP contribution in [-0.4, -0.2) is 116 Å². The third-order valence-corrected chi connectivity index (χ3v) is 6.38. The Labute approximate surface area is 214 Å². The predicted octanol–water partition coefficient (Wildman–Crippen LogP) is -4.18. The predicted molar refractivity (Wildman–Crippen MR) is 122 cm³/mol. The Morgan fingerprint density at radius 1 is 0.868 bits per heavy atom. The number of nitrogens with two attached hydrogens (primary N) is 1. The Hall–Kier alpha value is -2.70. The van der Waals surface area contributed by atoms with Crippen LogP contribution in [0, 0.1) is 0 Å². The minimum Gasteiger partial charge on any atom is -0.462 e. The lowest BCUT2D eigenvalue weighted by Gasteiger charge is -2.45. The van der Waals surface area contributed by atoms with E-state index < -0.39 is 86.2 Å². The molecule has 10 atom stereocenters. The topological polar surface area (TPSA) is 252 Å². The number of amides is 1.